The first-order chi connectivity index (χ1) is 9.79. The van der Waals surface area contributed by atoms with E-state index in [-0.39, 0.29) is 5.91 Å². The van der Waals surface area contributed by atoms with Crippen molar-refractivity contribution in [2.75, 3.05) is 0 Å². The molecule has 2 aliphatic carbocycles. The summed E-state index contributed by atoms with van der Waals surface area (Å²) in [5.41, 5.74) is 4.03. The Morgan fingerprint density at radius 2 is 1.90 bits per heavy atom. The number of hydrogen-bond acceptors (Lipinski definition) is 2. The zero-order valence-corrected chi connectivity index (χ0v) is 13.0. The number of carbonyl (C=O) groups excluding carboxylic acids is 1. The summed E-state index contributed by atoms with van der Waals surface area (Å²) in [6, 6.07) is 0. The smallest absolute Gasteiger partial charge is 0.240 e. The predicted octanol–water partition coefficient (Wildman–Crippen LogP) is 4.42. The van der Waals surface area contributed by atoms with Crippen LogP contribution >= 0.6 is 0 Å². The quantitative estimate of drug-likeness (QED) is 0.492. The molecule has 2 bridgehead atoms. The van der Waals surface area contributed by atoms with E-state index in [1.807, 2.05) is 0 Å². The topological polar surface area (TPSA) is 41.5 Å². The molecule has 0 aromatic heterocycles. The first-order valence-corrected chi connectivity index (χ1v) is 8.65. The van der Waals surface area contributed by atoms with Gasteiger partial charge in [-0.15, -0.1) is 0 Å². The normalized spacial score (nSPS) is 26.4. The van der Waals surface area contributed by atoms with Gasteiger partial charge < -0.3 is 0 Å². The number of hydrazone groups is 1. The number of hydrogen-bond donors (Lipinski definition) is 1. The lowest BCUT2D eigenvalue weighted by molar-refractivity contribution is -0.121. The van der Waals surface area contributed by atoms with Crippen LogP contribution in [0.1, 0.15) is 84.0 Å². The molecule has 0 radical (unpaired) electrons. The standard InChI is InChI=1S/C17H30N2O/c1-2-3-4-5-6-7-8-9-17(20)19-18-16-13-14-10-11-15(16)12-14/h14-15H,2-13H2,1H3,(H,19,20). The van der Waals surface area contributed by atoms with E-state index >= 15 is 0 Å². The fourth-order valence-corrected chi connectivity index (χ4v) is 3.60. The van der Waals surface area contributed by atoms with Crippen LogP contribution in [-0.2, 0) is 4.79 Å². The van der Waals surface area contributed by atoms with Gasteiger partial charge in [-0.2, -0.15) is 5.10 Å². The largest absolute Gasteiger partial charge is 0.273 e. The molecule has 2 rings (SSSR count). The Bertz CT molecular complexity index is 338. The second-order valence-corrected chi connectivity index (χ2v) is 6.59. The van der Waals surface area contributed by atoms with Crippen LogP contribution in [0, 0.1) is 11.8 Å². The van der Waals surface area contributed by atoms with E-state index < -0.39 is 0 Å². The van der Waals surface area contributed by atoms with Crippen LogP contribution in [0.5, 0.6) is 0 Å². The predicted molar refractivity (Wildman–Crippen MR) is 83.6 cm³/mol. The molecule has 20 heavy (non-hydrogen) atoms. The molecule has 3 nitrogen and oxygen atoms in total. The Morgan fingerprint density at radius 3 is 2.55 bits per heavy atom. The van der Waals surface area contributed by atoms with Gasteiger partial charge in [0.2, 0.25) is 5.91 Å². The van der Waals surface area contributed by atoms with Crippen LogP contribution in [0.15, 0.2) is 5.10 Å². The maximum Gasteiger partial charge on any atom is 0.240 e. The molecule has 0 aromatic carbocycles. The molecule has 2 atom stereocenters. The van der Waals surface area contributed by atoms with Gasteiger partial charge in [-0.3, -0.25) is 4.79 Å². The summed E-state index contributed by atoms with van der Waals surface area (Å²) in [7, 11) is 0. The number of amides is 1. The zero-order chi connectivity index (χ0) is 14.2. The minimum absolute atomic E-state index is 0.105. The van der Waals surface area contributed by atoms with Crippen molar-refractivity contribution in [2.45, 2.75) is 84.0 Å². The zero-order valence-electron chi connectivity index (χ0n) is 13.0. The summed E-state index contributed by atoms with van der Waals surface area (Å²) in [5, 5.41) is 4.36. The van der Waals surface area contributed by atoms with Gasteiger partial charge >= 0.3 is 0 Å². The Kier molecular flexibility index (Phi) is 6.55. The van der Waals surface area contributed by atoms with E-state index in [2.05, 4.69) is 17.5 Å². The number of nitrogens with one attached hydrogen (secondary N) is 1. The highest BCUT2D eigenvalue weighted by Gasteiger charge is 2.36. The van der Waals surface area contributed by atoms with Gasteiger partial charge in [0.15, 0.2) is 0 Å². The van der Waals surface area contributed by atoms with E-state index in [4.69, 9.17) is 0 Å². The summed E-state index contributed by atoms with van der Waals surface area (Å²) in [4.78, 5) is 11.7. The van der Waals surface area contributed by atoms with Gasteiger partial charge in [-0.25, -0.2) is 5.43 Å². The Morgan fingerprint density at radius 1 is 1.15 bits per heavy atom. The molecule has 0 aromatic rings. The Balaban J connectivity index is 1.49. The molecule has 3 heteroatoms. The summed E-state index contributed by atoms with van der Waals surface area (Å²) >= 11 is 0. The summed E-state index contributed by atoms with van der Waals surface area (Å²) in [6.45, 7) is 2.24. The fraction of sp³-hybridized carbons (Fsp3) is 0.882. The lowest BCUT2D eigenvalue weighted by Crippen LogP contribution is -2.21. The molecule has 0 heterocycles. The van der Waals surface area contributed by atoms with Crippen molar-refractivity contribution in [2.24, 2.45) is 16.9 Å². The molecule has 1 N–H and O–H groups in total. The monoisotopic (exact) mass is 278 g/mol. The van der Waals surface area contributed by atoms with Gasteiger partial charge in [0.05, 0.1) is 0 Å². The van der Waals surface area contributed by atoms with E-state index in [1.165, 1.54) is 63.5 Å². The summed E-state index contributed by atoms with van der Waals surface area (Å²) in [5.74, 6) is 1.64. The first kappa shape index (κ1) is 15.5. The average Bonchev–Trinajstić information content (AvgIpc) is 3.06. The van der Waals surface area contributed by atoms with Crippen molar-refractivity contribution in [1.82, 2.24) is 5.43 Å². The molecule has 0 spiro atoms. The second kappa shape index (κ2) is 8.43. The molecule has 2 fully saturated rings. The third-order valence-corrected chi connectivity index (χ3v) is 4.84. The SMILES string of the molecule is CCCCCCCCCC(=O)NN=C1CC2CCC1C2. The maximum atomic E-state index is 11.7. The van der Waals surface area contributed by atoms with Crippen molar-refractivity contribution >= 4 is 11.6 Å². The van der Waals surface area contributed by atoms with Crippen LogP contribution in [-0.4, -0.2) is 11.6 Å². The van der Waals surface area contributed by atoms with Gasteiger partial charge in [0.25, 0.3) is 0 Å². The van der Waals surface area contributed by atoms with E-state index in [0.717, 1.165) is 18.8 Å². The number of nitrogens with zero attached hydrogens (tertiary/aromatic N) is 1. The van der Waals surface area contributed by atoms with Crippen molar-refractivity contribution < 1.29 is 4.79 Å². The fourth-order valence-electron chi connectivity index (χ4n) is 3.60. The highest BCUT2D eigenvalue weighted by molar-refractivity contribution is 5.90. The van der Waals surface area contributed by atoms with Gasteiger partial charge in [0.1, 0.15) is 0 Å². The average molecular weight is 278 g/mol. The number of fused-ring (bicyclic) bond motifs is 2. The second-order valence-electron chi connectivity index (χ2n) is 6.59. The molecule has 2 aliphatic rings. The first-order valence-electron chi connectivity index (χ1n) is 8.65. The van der Waals surface area contributed by atoms with Crippen LogP contribution < -0.4 is 5.43 Å². The lowest BCUT2D eigenvalue weighted by Gasteiger charge is -2.11. The van der Waals surface area contributed by atoms with Crippen molar-refractivity contribution in [3.05, 3.63) is 0 Å². The van der Waals surface area contributed by atoms with Crippen LogP contribution in [0.3, 0.4) is 0 Å². The third-order valence-electron chi connectivity index (χ3n) is 4.84. The van der Waals surface area contributed by atoms with E-state index in [0.29, 0.717) is 12.3 Å². The molecule has 2 saturated carbocycles. The Hall–Kier alpha value is -0.860. The number of rotatable bonds is 9. The molecule has 0 saturated heterocycles. The van der Waals surface area contributed by atoms with Gasteiger partial charge in [-0.05, 0) is 43.9 Å². The number of carbonyl (C=O) groups is 1. The van der Waals surface area contributed by atoms with Crippen molar-refractivity contribution in [3.8, 4) is 0 Å². The Labute approximate surface area is 123 Å². The molecule has 0 aliphatic heterocycles. The van der Waals surface area contributed by atoms with E-state index in [1.54, 1.807) is 0 Å². The van der Waals surface area contributed by atoms with Crippen LogP contribution in [0.25, 0.3) is 0 Å². The van der Waals surface area contributed by atoms with Crippen LogP contribution in [0.2, 0.25) is 0 Å². The molecular weight excluding hydrogens is 248 g/mol. The number of unbranched alkanes of at least 4 members (excludes halogenated alkanes) is 6. The highest BCUT2D eigenvalue weighted by Crippen LogP contribution is 2.42. The van der Waals surface area contributed by atoms with E-state index in [9.17, 15) is 4.79 Å². The molecule has 1 amide bonds. The highest BCUT2D eigenvalue weighted by atomic mass is 16.2. The summed E-state index contributed by atoms with van der Waals surface area (Å²) in [6.07, 6.45) is 14.5. The molecule has 114 valence electrons. The van der Waals surface area contributed by atoms with Crippen LogP contribution in [0.4, 0.5) is 0 Å². The van der Waals surface area contributed by atoms with Crippen molar-refractivity contribution in [1.29, 1.82) is 0 Å². The molecule has 2 unspecified atom stereocenters. The lowest BCUT2D eigenvalue weighted by atomic mass is 9.99. The minimum atomic E-state index is 0.105. The summed E-state index contributed by atoms with van der Waals surface area (Å²) < 4.78 is 0. The van der Waals surface area contributed by atoms with Crippen molar-refractivity contribution in [3.63, 3.8) is 0 Å². The van der Waals surface area contributed by atoms with Gasteiger partial charge in [-0.1, -0.05) is 45.4 Å². The minimum Gasteiger partial charge on any atom is -0.273 e. The third kappa shape index (κ3) is 4.92. The molecular formula is C17H30N2O. The van der Waals surface area contributed by atoms with Gasteiger partial charge in [0, 0.05) is 12.1 Å². The maximum absolute atomic E-state index is 11.7.